The number of carboxylic acids is 1. The fourth-order valence-electron chi connectivity index (χ4n) is 2.75. The lowest BCUT2D eigenvalue weighted by Crippen LogP contribution is -2.34. The number of fused-ring (bicyclic) bond motifs is 1. The van der Waals surface area contributed by atoms with Gasteiger partial charge in [0.2, 0.25) is 0 Å². The lowest BCUT2D eigenvalue weighted by Gasteiger charge is -2.18. The van der Waals surface area contributed by atoms with E-state index in [1.54, 1.807) is 12.4 Å². The highest BCUT2D eigenvalue weighted by atomic mass is 16.5. The molecule has 5 heteroatoms. The number of nitrogens with one attached hydrogen (secondary N) is 1. The molecule has 2 atom stereocenters. The minimum absolute atomic E-state index is 0.106. The van der Waals surface area contributed by atoms with E-state index in [9.17, 15) is 9.90 Å². The zero-order valence-electron chi connectivity index (χ0n) is 11.7. The number of carboxylic acid groups (broad SMARTS) is 1. The molecule has 2 unspecified atom stereocenters. The van der Waals surface area contributed by atoms with E-state index in [2.05, 4.69) is 10.3 Å². The van der Waals surface area contributed by atoms with Gasteiger partial charge in [-0.3, -0.25) is 15.1 Å². The van der Waals surface area contributed by atoms with Crippen LogP contribution in [0.3, 0.4) is 0 Å². The maximum atomic E-state index is 11.6. The largest absolute Gasteiger partial charge is 0.480 e. The minimum atomic E-state index is -0.897. The Morgan fingerprint density at radius 1 is 1.43 bits per heavy atom. The Balaban J connectivity index is 1.86. The summed E-state index contributed by atoms with van der Waals surface area (Å²) in [6.45, 7) is 1.31. The van der Waals surface area contributed by atoms with E-state index < -0.39 is 12.0 Å². The molecule has 5 nitrogen and oxygen atoms in total. The molecule has 2 N–H and O–H groups in total. The van der Waals surface area contributed by atoms with Gasteiger partial charge in [0, 0.05) is 36.5 Å². The van der Waals surface area contributed by atoms with Crippen LogP contribution in [0.2, 0.25) is 0 Å². The third-order valence-corrected chi connectivity index (χ3v) is 3.83. The van der Waals surface area contributed by atoms with E-state index in [1.807, 2.05) is 24.3 Å². The maximum Gasteiger partial charge on any atom is 0.325 e. The van der Waals surface area contributed by atoms with Crippen molar-refractivity contribution in [2.24, 2.45) is 0 Å². The zero-order chi connectivity index (χ0) is 14.7. The summed E-state index contributed by atoms with van der Waals surface area (Å²) >= 11 is 0. The summed E-state index contributed by atoms with van der Waals surface area (Å²) in [5, 5.41) is 14.5. The second-order valence-corrected chi connectivity index (χ2v) is 5.26. The summed E-state index contributed by atoms with van der Waals surface area (Å²) in [6, 6.07) is 6.92. The van der Waals surface area contributed by atoms with Crippen LogP contribution in [0.15, 0.2) is 36.7 Å². The molecule has 0 aliphatic carbocycles. The van der Waals surface area contributed by atoms with E-state index in [-0.39, 0.29) is 6.10 Å². The number of hydrogen-bond acceptors (Lipinski definition) is 4. The summed E-state index contributed by atoms with van der Waals surface area (Å²) in [5.74, 6) is -0.897. The average molecular weight is 286 g/mol. The molecule has 1 aromatic heterocycles. The van der Waals surface area contributed by atoms with E-state index in [1.165, 1.54) is 0 Å². The number of rotatable bonds is 5. The minimum Gasteiger partial charge on any atom is -0.480 e. The van der Waals surface area contributed by atoms with Gasteiger partial charge in [0.25, 0.3) is 0 Å². The Hall–Kier alpha value is -1.98. The summed E-state index contributed by atoms with van der Waals surface area (Å²) < 4.78 is 5.54. The predicted molar refractivity (Wildman–Crippen MR) is 79.1 cm³/mol. The molecule has 110 valence electrons. The number of aromatic nitrogens is 1. The summed E-state index contributed by atoms with van der Waals surface area (Å²) in [5.41, 5.74) is 0.693. The molecule has 1 aliphatic heterocycles. The van der Waals surface area contributed by atoms with Crippen molar-refractivity contribution in [3.63, 3.8) is 0 Å². The zero-order valence-corrected chi connectivity index (χ0v) is 11.7. The van der Waals surface area contributed by atoms with Crippen molar-refractivity contribution in [1.29, 1.82) is 0 Å². The monoisotopic (exact) mass is 286 g/mol. The molecule has 1 aliphatic rings. The highest BCUT2D eigenvalue weighted by Crippen LogP contribution is 2.24. The quantitative estimate of drug-likeness (QED) is 0.881. The number of ether oxygens (including phenoxy) is 1. The van der Waals surface area contributed by atoms with Crippen LogP contribution < -0.4 is 5.32 Å². The van der Waals surface area contributed by atoms with Gasteiger partial charge in [0.05, 0.1) is 6.10 Å². The first-order valence-corrected chi connectivity index (χ1v) is 7.16. The third-order valence-electron chi connectivity index (χ3n) is 3.83. The van der Waals surface area contributed by atoms with Gasteiger partial charge in [-0.25, -0.2) is 0 Å². The second kappa shape index (κ2) is 6.20. The maximum absolute atomic E-state index is 11.6. The molecule has 21 heavy (non-hydrogen) atoms. The molecule has 0 spiro atoms. The van der Waals surface area contributed by atoms with Gasteiger partial charge in [0.15, 0.2) is 0 Å². The Labute approximate surface area is 123 Å². The van der Waals surface area contributed by atoms with Crippen LogP contribution in [0.1, 0.15) is 24.4 Å². The van der Waals surface area contributed by atoms with Crippen molar-refractivity contribution < 1.29 is 14.6 Å². The molecule has 0 saturated carbocycles. The molecule has 2 heterocycles. The second-order valence-electron chi connectivity index (χ2n) is 5.26. The lowest BCUT2D eigenvalue weighted by molar-refractivity contribution is -0.139. The highest BCUT2D eigenvalue weighted by molar-refractivity contribution is 5.89. The number of aliphatic carboxylic acids is 1. The van der Waals surface area contributed by atoms with Crippen LogP contribution in [0.25, 0.3) is 10.8 Å². The standard InChI is InChI=1S/C16H18N2O3/c19-16(20)15(18-9-12-5-3-7-21-12)14-10-17-8-11-4-1-2-6-13(11)14/h1-2,4,6,8,10,12,15,18H,3,5,7,9H2,(H,19,20). The molecule has 1 aromatic carbocycles. The first-order chi connectivity index (χ1) is 10.3. The Bertz CT molecular complexity index is 633. The first-order valence-electron chi connectivity index (χ1n) is 7.16. The number of pyridine rings is 1. The summed E-state index contributed by atoms with van der Waals surface area (Å²) in [6.07, 6.45) is 5.50. The van der Waals surface area contributed by atoms with E-state index in [4.69, 9.17) is 4.74 Å². The molecule has 0 bridgehead atoms. The number of benzene rings is 1. The fraction of sp³-hybridized carbons (Fsp3) is 0.375. The van der Waals surface area contributed by atoms with E-state index in [0.717, 1.165) is 30.2 Å². The van der Waals surface area contributed by atoms with Gasteiger partial charge >= 0.3 is 5.97 Å². The van der Waals surface area contributed by atoms with Gasteiger partial charge < -0.3 is 9.84 Å². The van der Waals surface area contributed by atoms with Crippen molar-refractivity contribution in [3.8, 4) is 0 Å². The van der Waals surface area contributed by atoms with Gasteiger partial charge in [0.1, 0.15) is 6.04 Å². The first kappa shape index (κ1) is 14.0. The van der Waals surface area contributed by atoms with Crippen LogP contribution in [0.5, 0.6) is 0 Å². The van der Waals surface area contributed by atoms with E-state index in [0.29, 0.717) is 12.1 Å². The summed E-state index contributed by atoms with van der Waals surface area (Å²) in [7, 11) is 0. The van der Waals surface area contributed by atoms with Gasteiger partial charge in [-0.05, 0) is 18.2 Å². The van der Waals surface area contributed by atoms with Crippen LogP contribution in [0, 0.1) is 0 Å². The summed E-state index contributed by atoms with van der Waals surface area (Å²) in [4.78, 5) is 15.8. The van der Waals surface area contributed by atoms with Crippen LogP contribution in [0.4, 0.5) is 0 Å². The molecule has 2 aromatic rings. The molecule has 0 radical (unpaired) electrons. The third kappa shape index (κ3) is 3.04. The molecular weight excluding hydrogens is 268 g/mol. The topological polar surface area (TPSA) is 71.5 Å². The van der Waals surface area contributed by atoms with Crippen molar-refractivity contribution in [1.82, 2.24) is 10.3 Å². The lowest BCUT2D eigenvalue weighted by atomic mass is 10.0. The number of carbonyl (C=O) groups is 1. The van der Waals surface area contributed by atoms with Crippen molar-refractivity contribution >= 4 is 16.7 Å². The fourth-order valence-corrected chi connectivity index (χ4v) is 2.75. The predicted octanol–water partition coefficient (Wildman–Crippen LogP) is 2.13. The molecular formula is C16H18N2O3. The Morgan fingerprint density at radius 2 is 2.29 bits per heavy atom. The van der Waals surface area contributed by atoms with Crippen LogP contribution >= 0.6 is 0 Å². The molecule has 1 saturated heterocycles. The van der Waals surface area contributed by atoms with Crippen molar-refractivity contribution in [2.75, 3.05) is 13.2 Å². The normalized spacial score (nSPS) is 19.7. The van der Waals surface area contributed by atoms with Crippen LogP contribution in [-0.2, 0) is 9.53 Å². The van der Waals surface area contributed by atoms with Gasteiger partial charge in [-0.1, -0.05) is 24.3 Å². The van der Waals surface area contributed by atoms with Gasteiger partial charge in [-0.2, -0.15) is 0 Å². The SMILES string of the molecule is O=C(O)C(NCC1CCCO1)c1cncc2ccccc12. The average Bonchev–Trinajstić information content (AvgIpc) is 3.01. The number of nitrogens with zero attached hydrogens (tertiary/aromatic N) is 1. The highest BCUT2D eigenvalue weighted by Gasteiger charge is 2.24. The molecule has 3 rings (SSSR count). The smallest absolute Gasteiger partial charge is 0.325 e. The Kier molecular flexibility index (Phi) is 4.13. The molecule has 1 fully saturated rings. The van der Waals surface area contributed by atoms with Gasteiger partial charge in [-0.15, -0.1) is 0 Å². The Morgan fingerprint density at radius 3 is 3.05 bits per heavy atom. The van der Waals surface area contributed by atoms with Crippen molar-refractivity contribution in [3.05, 3.63) is 42.2 Å². The van der Waals surface area contributed by atoms with Crippen LogP contribution in [-0.4, -0.2) is 35.3 Å². The van der Waals surface area contributed by atoms with Crippen molar-refractivity contribution in [2.45, 2.75) is 25.0 Å². The molecule has 0 amide bonds. The van der Waals surface area contributed by atoms with E-state index >= 15 is 0 Å². The number of hydrogen-bond donors (Lipinski definition) is 2.